The van der Waals surface area contributed by atoms with Crippen LogP contribution in [0.5, 0.6) is 0 Å². The number of carbonyl (C=O) groups is 1. The summed E-state index contributed by atoms with van der Waals surface area (Å²) in [7, 11) is -6.11. The first kappa shape index (κ1) is 45.9. The largest absolute Gasteiger partial charge is 0.483 e. The molecule has 0 atom stereocenters. The third kappa shape index (κ3) is 40.1. The highest BCUT2D eigenvalue weighted by Crippen LogP contribution is 2.19. The summed E-state index contributed by atoms with van der Waals surface area (Å²) < 4.78 is 12.5. The molecule has 1 N–H and O–H groups in total. The van der Waals surface area contributed by atoms with Gasteiger partial charge in [-0.3, -0.25) is 4.79 Å². The lowest BCUT2D eigenvalue weighted by Crippen LogP contribution is -2.51. The molecule has 7 heteroatoms. The molecule has 0 aliphatic heterocycles. The van der Waals surface area contributed by atoms with E-state index in [0.717, 1.165) is 0 Å². The van der Waals surface area contributed by atoms with Crippen LogP contribution >= 0.6 is 0 Å². The predicted octanol–water partition coefficient (Wildman–Crippen LogP) is 10.6. The maximum atomic E-state index is 8.36. The van der Waals surface area contributed by atoms with E-state index < -0.39 is 25.2 Å². The van der Waals surface area contributed by atoms with Gasteiger partial charge in [-0.15, -0.1) is 6.42 Å². The minimum absolute atomic E-state index is 0. The Balaban J connectivity index is -0.0000000176. The van der Waals surface area contributed by atoms with E-state index in [4.69, 9.17) is 24.6 Å². The maximum Gasteiger partial charge on any atom is 0.311 e. The van der Waals surface area contributed by atoms with Crippen LogP contribution in [0.2, 0.25) is 45.8 Å². The third-order valence-corrected chi connectivity index (χ3v) is 12.1. The lowest BCUT2D eigenvalue weighted by Gasteiger charge is -2.35. The van der Waals surface area contributed by atoms with Gasteiger partial charge in [-0.2, -0.15) is 0 Å². The molecule has 0 aromatic rings. The van der Waals surface area contributed by atoms with E-state index in [-0.39, 0.29) is 59.8 Å². The minimum Gasteiger partial charge on any atom is -0.483 e. The van der Waals surface area contributed by atoms with E-state index in [1.807, 2.05) is 13.1 Å². The number of carboxylic acid groups (broad SMARTS) is 1. The zero-order chi connectivity index (χ0) is 32.7. The molecule has 0 fully saturated rings. The van der Waals surface area contributed by atoms with Gasteiger partial charge in [0.25, 0.3) is 14.8 Å². The maximum absolute atomic E-state index is 8.36. The molecular formula is C38H86O4Si3. The van der Waals surface area contributed by atoms with E-state index in [1.54, 1.807) is 0 Å². The molecule has 0 bridgehead atoms. The topological polar surface area (TPSA) is 55.8 Å². The van der Waals surface area contributed by atoms with Gasteiger partial charge in [0.2, 0.25) is 0 Å². The van der Waals surface area contributed by atoms with Crippen LogP contribution in [0, 0.1) is 166 Å². The molecule has 0 amide bonds. The van der Waals surface area contributed by atoms with Crippen LogP contribution in [0.4, 0.5) is 0 Å². The van der Waals surface area contributed by atoms with Gasteiger partial charge in [0, 0.05) is 97.7 Å². The van der Waals surface area contributed by atoms with Crippen LogP contribution in [0.15, 0.2) is 0 Å². The van der Waals surface area contributed by atoms with Gasteiger partial charge in [0.15, 0.2) is 8.32 Å². The van der Waals surface area contributed by atoms with Gasteiger partial charge in [0.05, 0.1) is 0 Å². The van der Waals surface area contributed by atoms with E-state index >= 15 is 0 Å². The molecular weight excluding hydrogens is 605 g/mol. The highest BCUT2D eigenvalue weighted by Gasteiger charge is 2.37. The zero-order valence-corrected chi connectivity index (χ0v) is 27.8. The SMILES string of the molecule is C.C.C#CC#CC#CC#CC#CC#CC#CC#CC#CC#CC#CC#CC#CC#C[Si](C)(C)O[Si](C)(C)O[Si](C)(C)C.O=CO.[HH].[HH].[HH].[HH].[HH].[HH].[HH].[HH].[HH].[HH].[HH].[HH].[HH].[HH].[HH].[HH].[HH].[HH].[HH].[HH].[HH].[HH].[HH].[HH].[HH].[HH].[HH]. The van der Waals surface area contributed by atoms with Crippen molar-refractivity contribution in [1.29, 1.82) is 0 Å². The number of hydrogen-bond donors (Lipinski definition) is 1. The van der Waals surface area contributed by atoms with E-state index in [1.165, 1.54) is 0 Å². The molecule has 0 radical (unpaired) electrons. The molecule has 0 saturated heterocycles. The second-order valence-electron chi connectivity index (χ2n) is 8.73. The highest BCUT2D eigenvalue weighted by atomic mass is 28.5. The molecule has 0 saturated carbocycles. The van der Waals surface area contributed by atoms with Crippen molar-refractivity contribution in [3.8, 4) is 166 Å². The molecule has 0 heterocycles. The predicted molar refractivity (Wildman–Crippen MR) is 250 cm³/mol. The number of rotatable bonds is 4. The van der Waals surface area contributed by atoms with Gasteiger partial charge in [-0.1, -0.05) is 20.4 Å². The van der Waals surface area contributed by atoms with Gasteiger partial charge in [0.1, 0.15) is 0 Å². The van der Waals surface area contributed by atoms with Crippen LogP contribution in [0.3, 0.4) is 0 Å². The number of hydrogen-bond acceptors (Lipinski definition) is 3. The summed E-state index contributed by atoms with van der Waals surface area (Å²) in [6, 6.07) is 0. The Morgan fingerprint density at radius 1 is 0.489 bits per heavy atom. The molecule has 0 aliphatic carbocycles. The lowest BCUT2D eigenvalue weighted by molar-refractivity contribution is -0.122. The van der Waals surface area contributed by atoms with Crippen molar-refractivity contribution in [3.63, 3.8) is 0 Å². The van der Waals surface area contributed by atoms with Gasteiger partial charge >= 0.3 is 8.56 Å². The minimum atomic E-state index is -2.23. The quantitative estimate of drug-likeness (QED) is 0.181. The van der Waals surface area contributed by atoms with Crippen molar-refractivity contribution in [2.45, 2.75) is 60.7 Å². The summed E-state index contributed by atoms with van der Waals surface area (Å²) in [6.07, 6.45) is 4.94. The molecule has 0 unspecified atom stereocenters. The standard InChI is InChI=1S/C35H22O2Si3.CH2O2.2CH4.27H2/c1-9-10-11-12-13-14-15-16-17-18-19-20-21-22-23-24-25-26-27-28-29-30-31-32-33-34-35-39(5,6)37-40(7,8)36-38(2,3)4;2-1-3;;;;;;;;;;;;;;;;;;;;;;;;;;;;;/h1H,2-8H3;1H,(H,2,3);2*1H4;27*1H. The van der Waals surface area contributed by atoms with Crippen LogP contribution in [-0.4, -0.2) is 36.8 Å². The van der Waals surface area contributed by atoms with Crippen molar-refractivity contribution >= 4 is 31.7 Å². The average molecular weight is 691 g/mol. The number of terminal acetylenes is 1. The monoisotopic (exact) mass is 691 g/mol. The Labute approximate surface area is 315 Å². The fourth-order valence-corrected chi connectivity index (χ4v) is 14.3. The average Bonchev–Trinajstić information content (AvgIpc) is 2.89. The van der Waals surface area contributed by atoms with E-state index in [0.29, 0.717) is 0 Å². The van der Waals surface area contributed by atoms with Crippen molar-refractivity contribution < 1.29 is 56.7 Å². The van der Waals surface area contributed by atoms with Crippen LogP contribution in [0.25, 0.3) is 0 Å². The summed E-state index contributed by atoms with van der Waals surface area (Å²) in [5.74, 6) is 65.5. The highest BCUT2D eigenvalue weighted by molar-refractivity contribution is 6.90. The molecule has 0 aromatic carbocycles. The normalized spacial score (nSPS) is 6.89. The Morgan fingerprint density at radius 3 is 0.933 bits per heavy atom. The molecule has 274 valence electrons. The molecule has 0 spiro atoms. The summed E-state index contributed by atoms with van der Waals surface area (Å²) in [5, 5.41) is 6.89. The first-order valence-corrected chi connectivity index (χ1v) is 21.0. The molecule has 0 rings (SSSR count). The van der Waals surface area contributed by atoms with Gasteiger partial charge in [-0.05, 0) is 141 Å². The second kappa shape index (κ2) is 29.4. The van der Waals surface area contributed by atoms with Gasteiger partial charge < -0.3 is 13.3 Å². The summed E-state index contributed by atoms with van der Waals surface area (Å²) >= 11 is 0. The zero-order valence-electron chi connectivity index (χ0n) is 24.8. The first-order valence-electron chi connectivity index (χ1n) is 11.8. The fraction of sp³-hybridized carbons (Fsp3) is 0.237. The van der Waals surface area contributed by atoms with Crippen molar-refractivity contribution in [2.24, 2.45) is 0 Å². The Hall–Kier alpha value is -6.12. The van der Waals surface area contributed by atoms with E-state index in [2.05, 4.69) is 192 Å². The summed E-state index contributed by atoms with van der Waals surface area (Å²) in [6.45, 7) is 14.4. The van der Waals surface area contributed by atoms with E-state index in [9.17, 15) is 0 Å². The Kier molecular flexibility index (Phi) is 29.9. The van der Waals surface area contributed by atoms with Crippen molar-refractivity contribution in [3.05, 3.63) is 0 Å². The van der Waals surface area contributed by atoms with Crippen LogP contribution in [0.1, 0.15) is 53.4 Å². The molecule has 4 nitrogen and oxygen atoms in total. The first-order chi connectivity index (χ1) is 20.4. The van der Waals surface area contributed by atoms with Crippen LogP contribution < -0.4 is 0 Å². The Bertz CT molecular complexity index is 1990. The molecule has 0 aliphatic rings. The molecule has 45 heavy (non-hydrogen) atoms. The second-order valence-corrected chi connectivity index (χ2v) is 20.7. The van der Waals surface area contributed by atoms with Crippen molar-refractivity contribution in [2.75, 3.05) is 0 Å². The van der Waals surface area contributed by atoms with Crippen molar-refractivity contribution in [1.82, 2.24) is 0 Å². The lowest BCUT2D eigenvalue weighted by atomic mass is 10.4. The fourth-order valence-electron chi connectivity index (χ4n) is 2.33. The summed E-state index contributed by atoms with van der Waals surface area (Å²) in [5.41, 5.74) is 3.14. The molecule has 0 aromatic heterocycles. The summed E-state index contributed by atoms with van der Waals surface area (Å²) in [4.78, 5) is 8.36. The Morgan fingerprint density at radius 2 is 0.711 bits per heavy atom. The van der Waals surface area contributed by atoms with Gasteiger partial charge in [-0.25, -0.2) is 0 Å². The van der Waals surface area contributed by atoms with Crippen LogP contribution in [-0.2, 0) is 13.0 Å². The third-order valence-electron chi connectivity index (χ3n) is 2.99. The smallest absolute Gasteiger partial charge is 0.311 e.